The molecule has 0 unspecified atom stereocenters. The number of methoxy groups -OCH3 is 2. The van der Waals surface area contributed by atoms with Crippen molar-refractivity contribution < 1.29 is 9.47 Å². The maximum Gasteiger partial charge on any atom is 0.183 e. The Hall–Kier alpha value is -1.33. The first kappa shape index (κ1) is 13.1. The third-order valence-corrected chi connectivity index (χ3v) is 3.52. The van der Waals surface area contributed by atoms with Gasteiger partial charge in [0.05, 0.1) is 14.2 Å². The summed E-state index contributed by atoms with van der Waals surface area (Å²) >= 11 is 0. The van der Waals surface area contributed by atoms with E-state index in [4.69, 9.17) is 15.2 Å². The summed E-state index contributed by atoms with van der Waals surface area (Å²) in [5, 5.41) is 0. The van der Waals surface area contributed by atoms with Gasteiger partial charge in [-0.25, -0.2) is 0 Å². The van der Waals surface area contributed by atoms with E-state index in [2.05, 4.69) is 16.8 Å². The van der Waals surface area contributed by atoms with Crippen molar-refractivity contribution in [2.75, 3.05) is 27.3 Å². The summed E-state index contributed by atoms with van der Waals surface area (Å²) in [6.45, 7) is 4.69. The molecule has 2 N–H and O–H groups in total. The fraction of sp³-hybridized carbons (Fsp3) is 0.615. The largest absolute Gasteiger partial charge is 0.493 e. The molecule has 0 bridgehead atoms. The van der Waals surface area contributed by atoms with Crippen LogP contribution >= 0.6 is 0 Å². The Labute approximate surface area is 108 Å². The molecule has 1 saturated heterocycles. The first-order valence-corrected chi connectivity index (χ1v) is 6.19. The Morgan fingerprint density at radius 2 is 2.11 bits per heavy atom. The lowest BCUT2D eigenvalue weighted by molar-refractivity contribution is 0.0586. The van der Waals surface area contributed by atoms with E-state index >= 15 is 0 Å². The molecular formula is C13H21N3O2. The molecule has 1 aromatic heterocycles. The van der Waals surface area contributed by atoms with E-state index in [0.717, 1.165) is 37.5 Å². The van der Waals surface area contributed by atoms with Crippen molar-refractivity contribution in [3.05, 3.63) is 18.0 Å². The Bertz CT molecular complexity index is 417. The Morgan fingerprint density at radius 1 is 1.39 bits per heavy atom. The van der Waals surface area contributed by atoms with Crippen LogP contribution in [0, 0.1) is 0 Å². The van der Waals surface area contributed by atoms with Crippen LogP contribution in [0.15, 0.2) is 12.3 Å². The number of hydrogen-bond acceptors (Lipinski definition) is 5. The van der Waals surface area contributed by atoms with Crippen molar-refractivity contribution in [3.63, 3.8) is 0 Å². The highest BCUT2D eigenvalue weighted by atomic mass is 16.5. The van der Waals surface area contributed by atoms with Crippen molar-refractivity contribution in [2.45, 2.75) is 25.4 Å². The van der Waals surface area contributed by atoms with Crippen molar-refractivity contribution in [2.24, 2.45) is 5.73 Å². The van der Waals surface area contributed by atoms with Gasteiger partial charge in [0.25, 0.3) is 0 Å². The third-order valence-electron chi connectivity index (χ3n) is 3.52. The topological polar surface area (TPSA) is 60.6 Å². The van der Waals surface area contributed by atoms with Crippen molar-refractivity contribution >= 4 is 0 Å². The van der Waals surface area contributed by atoms with E-state index in [-0.39, 0.29) is 5.54 Å². The average molecular weight is 251 g/mol. The summed E-state index contributed by atoms with van der Waals surface area (Å²) in [6, 6.07) is 1.80. The molecule has 5 nitrogen and oxygen atoms in total. The highest BCUT2D eigenvalue weighted by Crippen LogP contribution is 2.31. The fourth-order valence-electron chi connectivity index (χ4n) is 2.35. The van der Waals surface area contributed by atoms with Crippen molar-refractivity contribution in [1.82, 2.24) is 9.88 Å². The van der Waals surface area contributed by atoms with E-state index in [0.29, 0.717) is 5.75 Å². The Kier molecular flexibility index (Phi) is 3.73. The van der Waals surface area contributed by atoms with Crippen LogP contribution in [-0.4, -0.2) is 42.7 Å². The van der Waals surface area contributed by atoms with Gasteiger partial charge in [0.1, 0.15) is 5.69 Å². The zero-order valence-electron chi connectivity index (χ0n) is 11.3. The lowest BCUT2D eigenvalue weighted by Gasteiger charge is -2.47. The molecule has 0 aliphatic carbocycles. The second-order valence-corrected chi connectivity index (χ2v) is 4.85. The quantitative estimate of drug-likeness (QED) is 0.846. The predicted octanol–water partition coefficient (Wildman–Crippen LogP) is 1.02. The van der Waals surface area contributed by atoms with Gasteiger partial charge in [-0.1, -0.05) is 6.92 Å². The first-order chi connectivity index (χ1) is 8.61. The zero-order valence-corrected chi connectivity index (χ0v) is 11.3. The predicted molar refractivity (Wildman–Crippen MR) is 69.8 cm³/mol. The summed E-state index contributed by atoms with van der Waals surface area (Å²) in [5.41, 5.74) is 7.03. The molecular weight excluding hydrogens is 230 g/mol. The third kappa shape index (κ3) is 2.42. The van der Waals surface area contributed by atoms with Gasteiger partial charge in [0.2, 0.25) is 0 Å². The van der Waals surface area contributed by atoms with Crippen LogP contribution in [0.4, 0.5) is 0 Å². The normalized spacial score (nSPS) is 18.2. The molecule has 1 aliphatic heterocycles. The minimum atomic E-state index is -0.0217. The van der Waals surface area contributed by atoms with Crippen molar-refractivity contribution in [3.8, 4) is 11.5 Å². The van der Waals surface area contributed by atoms with E-state index in [1.165, 1.54) is 0 Å². The summed E-state index contributed by atoms with van der Waals surface area (Å²) in [7, 11) is 3.27. The van der Waals surface area contributed by atoms with E-state index in [1.54, 1.807) is 26.5 Å². The van der Waals surface area contributed by atoms with Crippen LogP contribution in [0.2, 0.25) is 0 Å². The molecule has 0 aromatic carbocycles. The van der Waals surface area contributed by atoms with Crippen molar-refractivity contribution in [1.29, 1.82) is 0 Å². The Morgan fingerprint density at radius 3 is 2.67 bits per heavy atom. The fourth-order valence-corrected chi connectivity index (χ4v) is 2.35. The summed E-state index contributed by atoms with van der Waals surface area (Å²) in [6.07, 6.45) is 2.75. The highest BCUT2D eigenvalue weighted by molar-refractivity contribution is 5.42. The molecule has 0 atom stereocenters. The molecule has 100 valence electrons. The van der Waals surface area contributed by atoms with Gasteiger partial charge in [-0.2, -0.15) is 0 Å². The number of likely N-dealkylation sites (tertiary alicyclic amines) is 1. The van der Waals surface area contributed by atoms with Gasteiger partial charge in [-0.15, -0.1) is 0 Å². The maximum absolute atomic E-state index is 6.15. The number of nitrogens with zero attached hydrogens (tertiary/aromatic N) is 2. The van der Waals surface area contributed by atoms with Gasteiger partial charge < -0.3 is 15.2 Å². The molecule has 1 aliphatic rings. The molecule has 18 heavy (non-hydrogen) atoms. The maximum atomic E-state index is 6.15. The van der Waals surface area contributed by atoms with Crippen LogP contribution in [0.1, 0.15) is 19.0 Å². The van der Waals surface area contributed by atoms with E-state index in [9.17, 15) is 0 Å². The second kappa shape index (κ2) is 5.12. The lowest BCUT2D eigenvalue weighted by Crippen LogP contribution is -2.66. The van der Waals surface area contributed by atoms with Gasteiger partial charge >= 0.3 is 0 Å². The van der Waals surface area contributed by atoms with Crippen LogP contribution in [0.25, 0.3) is 0 Å². The first-order valence-electron chi connectivity index (χ1n) is 6.19. The zero-order chi connectivity index (χ0) is 13.2. The molecule has 1 fully saturated rings. The van der Waals surface area contributed by atoms with Crippen LogP contribution in [0.5, 0.6) is 11.5 Å². The molecule has 2 rings (SSSR count). The smallest absolute Gasteiger partial charge is 0.183 e. The monoisotopic (exact) mass is 251 g/mol. The number of nitrogens with two attached hydrogens (primary N) is 1. The number of hydrogen-bond donors (Lipinski definition) is 1. The van der Waals surface area contributed by atoms with Gasteiger partial charge in [0, 0.05) is 37.4 Å². The number of ether oxygens (including phenoxy) is 2. The molecule has 2 heterocycles. The standard InChI is InChI=1S/C13H21N3O2/c1-4-13(14)8-16(9-13)7-10-12(18-3)11(17-2)5-6-15-10/h5-6H,4,7-9,14H2,1-3H3. The Balaban J connectivity index is 2.07. The van der Waals surface area contributed by atoms with E-state index < -0.39 is 0 Å². The van der Waals surface area contributed by atoms with Gasteiger partial charge in [-0.3, -0.25) is 9.88 Å². The lowest BCUT2D eigenvalue weighted by atomic mass is 9.88. The molecule has 0 spiro atoms. The average Bonchev–Trinajstić information content (AvgIpc) is 2.36. The summed E-state index contributed by atoms with van der Waals surface area (Å²) in [5.74, 6) is 1.43. The summed E-state index contributed by atoms with van der Waals surface area (Å²) < 4.78 is 10.6. The minimum absolute atomic E-state index is 0.0217. The second-order valence-electron chi connectivity index (χ2n) is 4.85. The molecule has 1 aromatic rings. The molecule has 0 saturated carbocycles. The van der Waals surface area contributed by atoms with Crippen LogP contribution in [0.3, 0.4) is 0 Å². The number of rotatable bonds is 5. The summed E-state index contributed by atoms with van der Waals surface area (Å²) in [4.78, 5) is 6.64. The van der Waals surface area contributed by atoms with Gasteiger partial charge in [-0.05, 0) is 6.42 Å². The highest BCUT2D eigenvalue weighted by Gasteiger charge is 2.38. The van der Waals surface area contributed by atoms with Crippen LogP contribution < -0.4 is 15.2 Å². The molecule has 5 heteroatoms. The number of pyridine rings is 1. The van der Waals surface area contributed by atoms with Crippen LogP contribution in [-0.2, 0) is 6.54 Å². The molecule has 0 amide bonds. The number of aromatic nitrogens is 1. The van der Waals surface area contributed by atoms with E-state index in [1.807, 2.05) is 0 Å². The minimum Gasteiger partial charge on any atom is -0.493 e. The SMILES string of the molecule is CCC1(N)CN(Cc2nccc(OC)c2OC)C1. The molecule has 0 radical (unpaired) electrons. The van der Waals surface area contributed by atoms with Gasteiger partial charge in [0.15, 0.2) is 11.5 Å².